The van der Waals surface area contributed by atoms with E-state index in [1.54, 1.807) is 0 Å². The Kier molecular flexibility index (Phi) is 3.34. The van der Waals surface area contributed by atoms with Gasteiger partial charge in [-0.1, -0.05) is 25.3 Å². The van der Waals surface area contributed by atoms with Gasteiger partial charge in [-0.3, -0.25) is 9.69 Å². The standard InChI is InChI=1S/C16H21NOS/c1-12-6-7-14(10-13(12)2)17-15(18)11-19-16(17)8-4-3-5-9-16/h6-7,10H,3-5,8-9,11H2,1-2H3. The number of anilines is 1. The van der Waals surface area contributed by atoms with E-state index in [0.717, 1.165) is 18.5 Å². The molecule has 2 nitrogen and oxygen atoms in total. The number of amides is 1. The van der Waals surface area contributed by atoms with Crippen molar-refractivity contribution in [2.45, 2.75) is 50.8 Å². The fourth-order valence-corrected chi connectivity index (χ4v) is 4.70. The highest BCUT2D eigenvalue weighted by Crippen LogP contribution is 2.49. The van der Waals surface area contributed by atoms with Crippen molar-refractivity contribution in [2.24, 2.45) is 0 Å². The summed E-state index contributed by atoms with van der Waals surface area (Å²) in [5.41, 5.74) is 3.66. The highest BCUT2D eigenvalue weighted by atomic mass is 32.2. The first-order valence-electron chi connectivity index (χ1n) is 7.17. The molecule has 1 amide bonds. The van der Waals surface area contributed by atoms with Crippen LogP contribution in [0.4, 0.5) is 5.69 Å². The van der Waals surface area contributed by atoms with Gasteiger partial charge in [0.15, 0.2) is 0 Å². The molecule has 0 radical (unpaired) electrons. The second-order valence-corrected chi connectivity index (χ2v) is 7.13. The van der Waals surface area contributed by atoms with Gasteiger partial charge in [0.1, 0.15) is 0 Å². The highest BCUT2D eigenvalue weighted by Gasteiger charge is 2.47. The van der Waals surface area contributed by atoms with Gasteiger partial charge >= 0.3 is 0 Å². The van der Waals surface area contributed by atoms with E-state index in [2.05, 4.69) is 36.9 Å². The zero-order valence-corrected chi connectivity index (χ0v) is 12.6. The van der Waals surface area contributed by atoms with Crippen LogP contribution in [0.5, 0.6) is 0 Å². The Morgan fingerprint density at radius 1 is 1.11 bits per heavy atom. The Bertz CT molecular complexity index is 505. The predicted octanol–water partition coefficient (Wildman–Crippen LogP) is 4.04. The lowest BCUT2D eigenvalue weighted by atomic mass is 9.92. The van der Waals surface area contributed by atoms with E-state index >= 15 is 0 Å². The molecular formula is C16H21NOS. The number of carbonyl (C=O) groups is 1. The average Bonchev–Trinajstić information content (AvgIpc) is 2.71. The van der Waals surface area contributed by atoms with Crippen LogP contribution < -0.4 is 4.90 Å². The van der Waals surface area contributed by atoms with E-state index in [4.69, 9.17) is 0 Å². The van der Waals surface area contributed by atoms with E-state index in [-0.39, 0.29) is 10.8 Å². The number of hydrogen-bond donors (Lipinski definition) is 0. The van der Waals surface area contributed by atoms with Gasteiger partial charge in [0.25, 0.3) is 0 Å². The summed E-state index contributed by atoms with van der Waals surface area (Å²) in [5, 5.41) is 0. The zero-order chi connectivity index (χ0) is 13.5. The zero-order valence-electron chi connectivity index (χ0n) is 11.7. The van der Waals surface area contributed by atoms with Gasteiger partial charge < -0.3 is 0 Å². The molecule has 0 bridgehead atoms. The van der Waals surface area contributed by atoms with Crippen molar-refractivity contribution in [3.63, 3.8) is 0 Å². The molecule has 0 unspecified atom stereocenters. The van der Waals surface area contributed by atoms with Crippen LogP contribution in [0, 0.1) is 13.8 Å². The molecule has 0 N–H and O–H groups in total. The van der Waals surface area contributed by atoms with Crippen LogP contribution in [-0.4, -0.2) is 16.5 Å². The third kappa shape index (κ3) is 2.18. The first-order valence-corrected chi connectivity index (χ1v) is 8.15. The van der Waals surface area contributed by atoms with E-state index < -0.39 is 0 Å². The number of hydrogen-bond acceptors (Lipinski definition) is 2. The molecule has 1 saturated heterocycles. The van der Waals surface area contributed by atoms with Crippen LogP contribution in [0.15, 0.2) is 18.2 Å². The third-order valence-corrected chi connectivity index (χ3v) is 6.02. The number of thioether (sulfide) groups is 1. The van der Waals surface area contributed by atoms with Crippen molar-refractivity contribution < 1.29 is 4.79 Å². The SMILES string of the molecule is Cc1ccc(N2C(=O)CSC23CCCCC3)cc1C. The summed E-state index contributed by atoms with van der Waals surface area (Å²) >= 11 is 1.86. The quantitative estimate of drug-likeness (QED) is 0.771. The lowest BCUT2D eigenvalue weighted by Crippen LogP contribution is -2.45. The Labute approximate surface area is 119 Å². The monoisotopic (exact) mass is 275 g/mol. The largest absolute Gasteiger partial charge is 0.297 e. The van der Waals surface area contributed by atoms with Gasteiger partial charge in [0.2, 0.25) is 5.91 Å². The van der Waals surface area contributed by atoms with E-state index in [1.165, 1.54) is 30.4 Å². The maximum absolute atomic E-state index is 12.3. The molecule has 2 aliphatic rings. The molecule has 0 aromatic heterocycles. The van der Waals surface area contributed by atoms with Crippen LogP contribution in [0.2, 0.25) is 0 Å². The summed E-state index contributed by atoms with van der Waals surface area (Å²) in [4.78, 5) is 14.5. The molecule has 3 heteroatoms. The van der Waals surface area contributed by atoms with Crippen molar-refractivity contribution in [3.8, 4) is 0 Å². The van der Waals surface area contributed by atoms with Gasteiger partial charge in [0.05, 0.1) is 10.6 Å². The lowest BCUT2D eigenvalue weighted by molar-refractivity contribution is -0.116. The number of aryl methyl sites for hydroxylation is 2. The molecule has 1 saturated carbocycles. The Morgan fingerprint density at radius 2 is 1.84 bits per heavy atom. The molecule has 0 atom stereocenters. The molecule has 1 aromatic rings. The third-order valence-electron chi connectivity index (χ3n) is 4.50. The minimum atomic E-state index is 0.0526. The first-order chi connectivity index (χ1) is 9.12. The molecule has 1 spiro atoms. The molecular weight excluding hydrogens is 254 g/mol. The summed E-state index contributed by atoms with van der Waals surface area (Å²) < 4.78 is 0. The molecule has 102 valence electrons. The van der Waals surface area contributed by atoms with Gasteiger partial charge in [0, 0.05) is 5.69 Å². The number of benzene rings is 1. The van der Waals surface area contributed by atoms with Crippen LogP contribution in [0.1, 0.15) is 43.2 Å². The Balaban J connectivity index is 1.99. The molecule has 1 aromatic carbocycles. The fourth-order valence-electron chi connectivity index (χ4n) is 3.27. The van der Waals surface area contributed by atoms with Crippen LogP contribution >= 0.6 is 11.8 Å². The number of nitrogens with zero attached hydrogens (tertiary/aromatic N) is 1. The molecule has 19 heavy (non-hydrogen) atoms. The number of rotatable bonds is 1. The van der Waals surface area contributed by atoms with Gasteiger partial charge in [-0.15, -0.1) is 11.8 Å². The lowest BCUT2D eigenvalue weighted by Gasteiger charge is -2.40. The number of carbonyl (C=O) groups excluding carboxylic acids is 1. The molecule has 1 heterocycles. The summed E-state index contributed by atoms with van der Waals surface area (Å²) in [7, 11) is 0. The summed E-state index contributed by atoms with van der Waals surface area (Å²) in [6.07, 6.45) is 6.12. The topological polar surface area (TPSA) is 20.3 Å². The van der Waals surface area contributed by atoms with Gasteiger partial charge in [-0.05, 0) is 49.9 Å². The predicted molar refractivity (Wildman–Crippen MR) is 81.7 cm³/mol. The van der Waals surface area contributed by atoms with Crippen molar-refractivity contribution in [1.82, 2.24) is 0 Å². The first kappa shape index (κ1) is 13.0. The fraction of sp³-hybridized carbons (Fsp3) is 0.562. The maximum atomic E-state index is 12.3. The highest BCUT2D eigenvalue weighted by molar-refractivity contribution is 8.02. The summed E-state index contributed by atoms with van der Waals surface area (Å²) in [6.45, 7) is 4.25. The van der Waals surface area contributed by atoms with E-state index in [1.807, 2.05) is 11.8 Å². The molecule has 1 aliphatic heterocycles. The minimum Gasteiger partial charge on any atom is -0.297 e. The second-order valence-electron chi connectivity index (χ2n) is 5.79. The minimum absolute atomic E-state index is 0.0526. The van der Waals surface area contributed by atoms with Crippen molar-refractivity contribution in [2.75, 3.05) is 10.7 Å². The molecule has 2 fully saturated rings. The van der Waals surface area contributed by atoms with Crippen LogP contribution in [0.3, 0.4) is 0 Å². The van der Waals surface area contributed by atoms with Crippen LogP contribution in [0.25, 0.3) is 0 Å². The van der Waals surface area contributed by atoms with Crippen LogP contribution in [-0.2, 0) is 4.79 Å². The van der Waals surface area contributed by atoms with Crippen molar-refractivity contribution >= 4 is 23.4 Å². The normalized spacial score (nSPS) is 22.2. The Morgan fingerprint density at radius 3 is 2.53 bits per heavy atom. The molecule has 3 rings (SSSR count). The average molecular weight is 275 g/mol. The van der Waals surface area contributed by atoms with E-state index in [0.29, 0.717) is 5.75 Å². The molecule has 1 aliphatic carbocycles. The van der Waals surface area contributed by atoms with E-state index in [9.17, 15) is 4.79 Å². The second kappa shape index (κ2) is 4.86. The smallest absolute Gasteiger partial charge is 0.238 e. The van der Waals surface area contributed by atoms with Gasteiger partial charge in [-0.2, -0.15) is 0 Å². The Hall–Kier alpha value is -0.960. The maximum Gasteiger partial charge on any atom is 0.238 e. The van der Waals surface area contributed by atoms with Crippen molar-refractivity contribution in [1.29, 1.82) is 0 Å². The summed E-state index contributed by atoms with van der Waals surface area (Å²) in [5.74, 6) is 0.933. The van der Waals surface area contributed by atoms with Gasteiger partial charge in [-0.25, -0.2) is 0 Å². The summed E-state index contributed by atoms with van der Waals surface area (Å²) in [6, 6.07) is 6.43. The van der Waals surface area contributed by atoms with Crippen molar-refractivity contribution in [3.05, 3.63) is 29.3 Å².